The van der Waals surface area contributed by atoms with Crippen molar-refractivity contribution in [1.29, 1.82) is 0 Å². The Labute approximate surface area is 189 Å². The van der Waals surface area contributed by atoms with Gasteiger partial charge >= 0.3 is 0 Å². The van der Waals surface area contributed by atoms with Crippen molar-refractivity contribution in [1.82, 2.24) is 10.1 Å². The number of anilines is 2. The fourth-order valence-corrected chi connectivity index (χ4v) is 4.38. The van der Waals surface area contributed by atoms with Crippen molar-refractivity contribution in [3.8, 4) is 11.5 Å². The van der Waals surface area contributed by atoms with Gasteiger partial charge in [-0.2, -0.15) is 4.98 Å². The fourth-order valence-electron chi connectivity index (χ4n) is 3.13. The van der Waals surface area contributed by atoms with Crippen LogP contribution >= 0.6 is 11.6 Å². The topological polar surface area (TPSA) is 124 Å². The molecule has 0 saturated heterocycles. The smallest absolute Gasteiger partial charge is 0.265 e. The molecule has 0 saturated carbocycles. The molecule has 4 rings (SSSR count). The minimum Gasteiger partial charge on any atom is -0.495 e. The summed E-state index contributed by atoms with van der Waals surface area (Å²) in [6, 6.07) is 8.81. The molecule has 32 heavy (non-hydrogen) atoms. The molecular weight excluding hydrogens is 460 g/mol. The summed E-state index contributed by atoms with van der Waals surface area (Å²) < 4.78 is 44.3. The summed E-state index contributed by atoms with van der Waals surface area (Å²) in [5.41, 5.74) is 0.464. The van der Waals surface area contributed by atoms with Crippen LogP contribution in [0.5, 0.6) is 11.5 Å². The van der Waals surface area contributed by atoms with E-state index in [0.29, 0.717) is 34.7 Å². The number of carbonyl (C=O) groups is 1. The van der Waals surface area contributed by atoms with Crippen molar-refractivity contribution in [3.05, 3.63) is 53.1 Å². The van der Waals surface area contributed by atoms with Crippen molar-refractivity contribution >= 4 is 38.9 Å². The average Bonchev–Trinajstić information content (AvgIpc) is 3.23. The normalized spacial score (nSPS) is 13.5. The van der Waals surface area contributed by atoms with Crippen LogP contribution < -0.4 is 19.1 Å². The zero-order valence-electron chi connectivity index (χ0n) is 17.2. The number of sulfonamides is 1. The van der Waals surface area contributed by atoms with Crippen LogP contribution in [-0.4, -0.2) is 38.2 Å². The largest absolute Gasteiger partial charge is 0.495 e. The quantitative estimate of drug-likeness (QED) is 0.549. The SMILES string of the molecule is CCc1nc(CN2C(=O)COc3ccc(S(=O)(=O)Nc4cc(Cl)ccc4OC)cc32)no1. The molecule has 1 N–H and O–H groups in total. The van der Waals surface area contributed by atoms with Gasteiger partial charge in [-0.25, -0.2) is 8.42 Å². The molecule has 0 radical (unpaired) electrons. The Morgan fingerprint density at radius 3 is 2.78 bits per heavy atom. The summed E-state index contributed by atoms with van der Waals surface area (Å²) in [5.74, 6) is 1.05. The molecule has 1 amide bonds. The van der Waals surface area contributed by atoms with Crippen molar-refractivity contribution in [2.24, 2.45) is 0 Å². The Bertz CT molecular complexity index is 1280. The summed E-state index contributed by atoms with van der Waals surface area (Å²) in [6.07, 6.45) is 0.557. The maximum atomic E-state index is 13.1. The van der Waals surface area contributed by atoms with E-state index in [0.717, 1.165) is 0 Å². The summed E-state index contributed by atoms with van der Waals surface area (Å²) in [6.45, 7) is 1.69. The van der Waals surface area contributed by atoms with Crippen LogP contribution in [0.15, 0.2) is 45.8 Å². The lowest BCUT2D eigenvalue weighted by molar-refractivity contribution is -0.121. The van der Waals surface area contributed by atoms with Crippen LogP contribution in [0, 0.1) is 0 Å². The Morgan fingerprint density at radius 1 is 1.25 bits per heavy atom. The first-order valence-corrected chi connectivity index (χ1v) is 11.4. The monoisotopic (exact) mass is 478 g/mol. The number of benzene rings is 2. The molecule has 10 nitrogen and oxygen atoms in total. The molecule has 3 aromatic rings. The number of amides is 1. The highest BCUT2D eigenvalue weighted by molar-refractivity contribution is 7.92. The van der Waals surface area contributed by atoms with E-state index in [1.807, 2.05) is 6.92 Å². The molecule has 0 atom stereocenters. The number of aromatic nitrogens is 2. The number of halogens is 1. The third-order valence-corrected chi connectivity index (χ3v) is 6.30. The number of nitrogens with zero attached hydrogens (tertiary/aromatic N) is 3. The third-order valence-electron chi connectivity index (χ3n) is 4.70. The second kappa shape index (κ2) is 8.67. The molecule has 0 unspecified atom stereocenters. The van der Waals surface area contributed by atoms with Gasteiger partial charge in [-0.1, -0.05) is 23.7 Å². The number of carbonyl (C=O) groups excluding carboxylic acids is 1. The van der Waals surface area contributed by atoms with Crippen molar-refractivity contribution in [3.63, 3.8) is 0 Å². The lowest BCUT2D eigenvalue weighted by Gasteiger charge is -2.28. The number of fused-ring (bicyclic) bond motifs is 1. The first-order valence-electron chi connectivity index (χ1n) is 9.55. The molecule has 0 bridgehead atoms. The van der Waals surface area contributed by atoms with Crippen LogP contribution in [-0.2, 0) is 27.8 Å². The molecule has 1 aromatic heterocycles. The zero-order chi connectivity index (χ0) is 22.9. The van der Waals surface area contributed by atoms with E-state index >= 15 is 0 Å². The standard InChI is InChI=1S/C20H19ClN4O6S/c1-3-19-22-18(23-31-19)10-25-15-9-13(5-7-17(15)30-11-20(25)26)32(27,28)24-14-8-12(21)4-6-16(14)29-2/h4-9,24H,3,10-11H2,1-2H3. The average molecular weight is 479 g/mol. The van der Waals surface area contributed by atoms with Gasteiger partial charge in [-0.05, 0) is 36.4 Å². The van der Waals surface area contributed by atoms with Gasteiger partial charge in [0.1, 0.15) is 11.5 Å². The Hall–Kier alpha value is -3.31. The van der Waals surface area contributed by atoms with Crippen molar-refractivity contribution < 1.29 is 27.2 Å². The van der Waals surface area contributed by atoms with E-state index in [4.69, 9.17) is 25.6 Å². The predicted molar refractivity (Wildman–Crippen MR) is 116 cm³/mol. The fraction of sp³-hybridized carbons (Fsp3) is 0.250. The van der Waals surface area contributed by atoms with Crippen LogP contribution in [0.3, 0.4) is 0 Å². The molecule has 0 aliphatic carbocycles. The highest BCUT2D eigenvalue weighted by Gasteiger charge is 2.29. The van der Waals surface area contributed by atoms with Crippen molar-refractivity contribution in [2.45, 2.75) is 24.8 Å². The summed E-state index contributed by atoms with van der Waals surface area (Å²) >= 11 is 6.00. The van der Waals surface area contributed by atoms with Gasteiger partial charge in [0.15, 0.2) is 12.4 Å². The maximum absolute atomic E-state index is 13.1. The minimum atomic E-state index is -4.04. The number of nitrogens with one attached hydrogen (secondary N) is 1. The molecule has 2 heterocycles. The van der Waals surface area contributed by atoms with Gasteiger partial charge in [-0.15, -0.1) is 0 Å². The van der Waals surface area contributed by atoms with Gasteiger partial charge in [0.25, 0.3) is 15.9 Å². The van der Waals surface area contributed by atoms with Crippen molar-refractivity contribution in [2.75, 3.05) is 23.3 Å². The van der Waals surface area contributed by atoms with Gasteiger partial charge in [0, 0.05) is 11.4 Å². The Balaban J connectivity index is 1.68. The van der Waals surface area contributed by atoms with E-state index in [2.05, 4.69) is 14.9 Å². The molecule has 2 aromatic carbocycles. The molecule has 0 fully saturated rings. The highest BCUT2D eigenvalue weighted by atomic mass is 35.5. The van der Waals surface area contributed by atoms with Crippen LogP contribution in [0.4, 0.5) is 11.4 Å². The minimum absolute atomic E-state index is 0.0116. The van der Waals surface area contributed by atoms with E-state index in [1.54, 1.807) is 12.1 Å². The lowest BCUT2D eigenvalue weighted by Crippen LogP contribution is -2.38. The van der Waals surface area contributed by atoms with Crippen LogP contribution in [0.25, 0.3) is 0 Å². The molecule has 12 heteroatoms. The Kier molecular flexibility index (Phi) is 5.94. The van der Waals surface area contributed by atoms with Gasteiger partial charge in [-0.3, -0.25) is 14.4 Å². The predicted octanol–water partition coefficient (Wildman–Crippen LogP) is 3.02. The zero-order valence-corrected chi connectivity index (χ0v) is 18.7. The second-order valence-corrected chi connectivity index (χ2v) is 8.92. The highest BCUT2D eigenvalue weighted by Crippen LogP contribution is 2.36. The summed E-state index contributed by atoms with van der Waals surface area (Å²) in [7, 11) is -2.62. The van der Waals surface area contributed by atoms with E-state index in [-0.39, 0.29) is 35.3 Å². The Morgan fingerprint density at radius 2 is 2.06 bits per heavy atom. The summed E-state index contributed by atoms with van der Waals surface area (Å²) in [4.78, 5) is 18.0. The molecule has 1 aliphatic heterocycles. The number of hydrogen-bond donors (Lipinski definition) is 1. The van der Waals surface area contributed by atoms with E-state index in [1.165, 1.54) is 36.3 Å². The van der Waals surface area contributed by atoms with E-state index in [9.17, 15) is 13.2 Å². The second-order valence-electron chi connectivity index (χ2n) is 6.81. The molecule has 0 spiro atoms. The molecular formula is C20H19ClN4O6S. The lowest BCUT2D eigenvalue weighted by atomic mass is 10.2. The number of aryl methyl sites for hydroxylation is 1. The first-order chi connectivity index (χ1) is 15.3. The van der Waals surface area contributed by atoms with Gasteiger partial charge in [0.05, 0.1) is 29.9 Å². The molecule has 1 aliphatic rings. The number of hydrogen-bond acceptors (Lipinski definition) is 8. The maximum Gasteiger partial charge on any atom is 0.265 e. The third kappa shape index (κ3) is 4.34. The first kappa shape index (κ1) is 21.9. The number of methoxy groups -OCH3 is 1. The number of rotatable bonds is 7. The van der Waals surface area contributed by atoms with Crippen LogP contribution in [0.2, 0.25) is 5.02 Å². The summed E-state index contributed by atoms with van der Waals surface area (Å²) in [5, 5.41) is 4.20. The van der Waals surface area contributed by atoms with E-state index < -0.39 is 10.0 Å². The van der Waals surface area contributed by atoms with Gasteiger partial charge < -0.3 is 14.0 Å². The van der Waals surface area contributed by atoms with Gasteiger partial charge in [0.2, 0.25) is 5.89 Å². The number of ether oxygens (including phenoxy) is 2. The van der Waals surface area contributed by atoms with Crippen LogP contribution in [0.1, 0.15) is 18.6 Å². The molecule has 168 valence electrons.